The summed E-state index contributed by atoms with van der Waals surface area (Å²) in [5.41, 5.74) is 3.38. The fraction of sp³-hybridized carbons (Fsp3) is 0.211. The van der Waals surface area contributed by atoms with E-state index < -0.39 is 0 Å². The van der Waals surface area contributed by atoms with Crippen molar-refractivity contribution < 1.29 is 4.79 Å². The van der Waals surface area contributed by atoms with Gasteiger partial charge in [0.05, 0.1) is 12.0 Å². The second-order valence-electron chi connectivity index (χ2n) is 5.60. The lowest BCUT2D eigenvalue weighted by molar-refractivity contribution is -0.123. The minimum absolute atomic E-state index is 0.0668. The van der Waals surface area contributed by atoms with E-state index in [1.807, 2.05) is 18.2 Å². The Hall–Kier alpha value is -2.18. The largest absolute Gasteiger partial charge is 0.367 e. The molecule has 2 aromatic rings. The van der Waals surface area contributed by atoms with E-state index >= 15 is 0 Å². The van der Waals surface area contributed by atoms with Crippen molar-refractivity contribution >= 4 is 46.1 Å². The first-order valence-electron chi connectivity index (χ1n) is 8.10. The van der Waals surface area contributed by atoms with Crippen molar-refractivity contribution in [3.05, 3.63) is 65.7 Å². The van der Waals surface area contributed by atoms with Gasteiger partial charge in [0.1, 0.15) is 0 Å². The van der Waals surface area contributed by atoms with E-state index in [1.54, 1.807) is 6.21 Å². The third-order valence-electron chi connectivity index (χ3n) is 3.91. The van der Waals surface area contributed by atoms with Crippen LogP contribution in [0.1, 0.15) is 18.1 Å². The summed E-state index contributed by atoms with van der Waals surface area (Å²) in [7, 11) is 0. The number of carbonyl (C=O) groups is 1. The number of benzene rings is 2. The Balaban J connectivity index is 1.68. The van der Waals surface area contributed by atoms with Crippen LogP contribution in [0, 0.1) is 0 Å². The highest BCUT2D eigenvalue weighted by atomic mass is 32.2. The summed E-state index contributed by atoms with van der Waals surface area (Å²) in [6.07, 6.45) is 1.67. The third kappa shape index (κ3) is 4.46. The number of nitrogens with zero attached hydrogens (tertiary/aromatic N) is 3. The van der Waals surface area contributed by atoms with Crippen LogP contribution in [0.25, 0.3) is 0 Å². The van der Waals surface area contributed by atoms with Crippen LogP contribution < -0.4 is 4.90 Å². The summed E-state index contributed by atoms with van der Waals surface area (Å²) < 4.78 is 0.512. The third-order valence-corrected chi connectivity index (χ3v) is 5.24. The highest BCUT2D eigenvalue weighted by Gasteiger charge is 2.25. The molecule has 1 amide bonds. The second kappa shape index (κ2) is 8.27. The molecule has 128 valence electrons. The Morgan fingerprint density at radius 3 is 2.52 bits per heavy atom. The van der Waals surface area contributed by atoms with Crippen molar-refractivity contribution in [1.29, 1.82) is 0 Å². The Kier molecular flexibility index (Phi) is 5.83. The van der Waals surface area contributed by atoms with Crippen LogP contribution in [0.2, 0.25) is 0 Å². The molecule has 0 N–H and O–H groups in total. The topological polar surface area (TPSA) is 35.9 Å². The second-order valence-corrected chi connectivity index (χ2v) is 7.21. The maximum Gasteiger partial charge on any atom is 0.259 e. The van der Waals surface area contributed by atoms with E-state index in [1.165, 1.54) is 22.3 Å². The van der Waals surface area contributed by atoms with Crippen molar-refractivity contribution in [3.8, 4) is 0 Å². The van der Waals surface area contributed by atoms with Gasteiger partial charge in [0, 0.05) is 18.8 Å². The molecule has 1 saturated heterocycles. The van der Waals surface area contributed by atoms with Gasteiger partial charge in [-0.15, -0.1) is 0 Å². The number of hydrazone groups is 1. The highest BCUT2D eigenvalue weighted by Crippen LogP contribution is 2.20. The molecule has 0 radical (unpaired) electrons. The van der Waals surface area contributed by atoms with Gasteiger partial charge in [0.15, 0.2) is 4.32 Å². The van der Waals surface area contributed by atoms with E-state index in [4.69, 9.17) is 12.2 Å². The van der Waals surface area contributed by atoms with Gasteiger partial charge in [-0.05, 0) is 30.2 Å². The number of amides is 1. The minimum Gasteiger partial charge on any atom is -0.367 e. The molecule has 1 fully saturated rings. The maximum absolute atomic E-state index is 11.7. The first kappa shape index (κ1) is 17.6. The summed E-state index contributed by atoms with van der Waals surface area (Å²) in [5, 5.41) is 5.49. The van der Waals surface area contributed by atoms with Crippen molar-refractivity contribution in [1.82, 2.24) is 5.01 Å². The van der Waals surface area contributed by atoms with E-state index in [9.17, 15) is 4.79 Å². The number of thiocarbonyl (C=S) groups is 1. The van der Waals surface area contributed by atoms with Gasteiger partial charge in [-0.2, -0.15) is 10.1 Å². The van der Waals surface area contributed by atoms with Crippen LogP contribution >= 0.6 is 24.0 Å². The molecule has 1 heterocycles. The molecule has 25 heavy (non-hydrogen) atoms. The molecule has 0 saturated carbocycles. The number of carbonyl (C=O) groups excluding carboxylic acids is 1. The zero-order valence-corrected chi connectivity index (χ0v) is 15.6. The zero-order chi connectivity index (χ0) is 17.6. The lowest BCUT2D eigenvalue weighted by Crippen LogP contribution is -2.22. The van der Waals surface area contributed by atoms with Crippen LogP contribution in [-0.2, 0) is 11.3 Å². The number of thioether (sulfide) groups is 1. The van der Waals surface area contributed by atoms with Crippen LogP contribution in [0.3, 0.4) is 0 Å². The van der Waals surface area contributed by atoms with Crippen LogP contribution in [0.5, 0.6) is 0 Å². The SMILES string of the molecule is CCN(Cc1ccccc1)c1ccc(/C=N\N2C(=O)CSC2=S)cc1. The molecule has 0 aromatic heterocycles. The summed E-state index contributed by atoms with van der Waals surface area (Å²) >= 11 is 6.46. The molecule has 4 nitrogen and oxygen atoms in total. The molecule has 0 atom stereocenters. The van der Waals surface area contributed by atoms with Gasteiger partial charge < -0.3 is 4.90 Å². The lowest BCUT2D eigenvalue weighted by Gasteiger charge is -2.23. The van der Waals surface area contributed by atoms with Gasteiger partial charge >= 0.3 is 0 Å². The average molecular weight is 370 g/mol. The summed E-state index contributed by atoms with van der Waals surface area (Å²) in [5.74, 6) is 0.308. The number of rotatable bonds is 6. The van der Waals surface area contributed by atoms with Crippen molar-refractivity contribution in [2.45, 2.75) is 13.5 Å². The van der Waals surface area contributed by atoms with Crippen molar-refractivity contribution in [2.75, 3.05) is 17.2 Å². The number of hydrogen-bond acceptors (Lipinski definition) is 5. The van der Waals surface area contributed by atoms with Crippen molar-refractivity contribution in [3.63, 3.8) is 0 Å². The first-order valence-corrected chi connectivity index (χ1v) is 9.49. The van der Waals surface area contributed by atoms with Crippen LogP contribution in [0.4, 0.5) is 5.69 Å². The van der Waals surface area contributed by atoms with Crippen LogP contribution in [0.15, 0.2) is 59.7 Å². The van der Waals surface area contributed by atoms with Crippen molar-refractivity contribution in [2.24, 2.45) is 5.10 Å². The average Bonchev–Trinajstić information content (AvgIpc) is 2.97. The quantitative estimate of drug-likeness (QED) is 0.571. The monoisotopic (exact) mass is 369 g/mol. The Bertz CT molecular complexity index is 759. The number of anilines is 1. The smallest absolute Gasteiger partial charge is 0.259 e. The van der Waals surface area contributed by atoms with Gasteiger partial charge in [0.2, 0.25) is 0 Å². The normalized spacial score (nSPS) is 14.5. The van der Waals surface area contributed by atoms with Gasteiger partial charge in [-0.1, -0.05) is 66.4 Å². The molecule has 3 rings (SSSR count). The maximum atomic E-state index is 11.7. The standard InChI is InChI=1S/C19H19N3OS2/c1-2-21(13-16-6-4-3-5-7-16)17-10-8-15(9-11-17)12-20-22-18(23)14-25-19(22)24/h3-12H,2,13-14H2,1H3/b20-12-. The predicted molar refractivity (Wildman–Crippen MR) is 109 cm³/mol. The van der Waals surface area contributed by atoms with Gasteiger partial charge in [-0.25, -0.2) is 0 Å². The molecular formula is C19H19N3OS2. The summed E-state index contributed by atoms with van der Waals surface area (Å²) in [6.45, 7) is 3.95. The molecule has 0 aliphatic carbocycles. The fourth-order valence-corrected chi connectivity index (χ4v) is 3.51. The molecular weight excluding hydrogens is 350 g/mol. The minimum atomic E-state index is -0.0668. The Morgan fingerprint density at radius 1 is 1.20 bits per heavy atom. The fourth-order valence-electron chi connectivity index (χ4n) is 2.54. The molecule has 6 heteroatoms. The molecule has 0 bridgehead atoms. The Labute approximate surface area is 157 Å². The van der Waals surface area contributed by atoms with E-state index in [0.717, 1.165) is 24.3 Å². The lowest BCUT2D eigenvalue weighted by atomic mass is 10.1. The Morgan fingerprint density at radius 2 is 1.92 bits per heavy atom. The summed E-state index contributed by atoms with van der Waals surface area (Å²) in [6, 6.07) is 18.6. The first-order chi connectivity index (χ1) is 12.2. The van der Waals surface area contributed by atoms with E-state index in [2.05, 4.69) is 53.3 Å². The van der Waals surface area contributed by atoms with Gasteiger partial charge in [-0.3, -0.25) is 4.79 Å². The number of hydrogen-bond donors (Lipinski definition) is 0. The molecule has 2 aromatic carbocycles. The zero-order valence-electron chi connectivity index (χ0n) is 14.0. The molecule has 0 unspecified atom stereocenters. The molecule has 1 aliphatic heterocycles. The van der Waals surface area contributed by atoms with E-state index in [0.29, 0.717) is 10.1 Å². The van der Waals surface area contributed by atoms with Crippen LogP contribution in [-0.4, -0.2) is 33.7 Å². The van der Waals surface area contributed by atoms with E-state index in [-0.39, 0.29) is 5.91 Å². The molecule has 1 aliphatic rings. The summed E-state index contributed by atoms with van der Waals surface area (Å²) in [4.78, 5) is 14.0. The van der Waals surface area contributed by atoms with Gasteiger partial charge in [0.25, 0.3) is 5.91 Å². The molecule has 0 spiro atoms. The predicted octanol–water partition coefficient (Wildman–Crippen LogP) is 3.91. The highest BCUT2D eigenvalue weighted by molar-refractivity contribution is 8.23.